The molecule has 13 heteroatoms. The maximum absolute atomic E-state index is 14.4. The van der Waals surface area contributed by atoms with Crippen LogP contribution in [0.5, 0.6) is 5.75 Å². The van der Waals surface area contributed by atoms with E-state index < -0.39 is 33.4 Å². The number of nitrogens with one attached hydrogen (secondary N) is 1. The Kier molecular flexibility index (Phi) is 11.4. The number of carbonyl (C=O) groups excluding carboxylic acids is 2. The maximum atomic E-state index is 14.4. The number of anilines is 1. The molecule has 0 aliphatic heterocycles. The van der Waals surface area contributed by atoms with Gasteiger partial charge >= 0.3 is 0 Å². The van der Waals surface area contributed by atoms with Gasteiger partial charge in [-0.25, -0.2) is 8.42 Å². The highest BCUT2D eigenvalue weighted by Crippen LogP contribution is 2.34. The second kappa shape index (κ2) is 15.2. The summed E-state index contributed by atoms with van der Waals surface area (Å²) in [6.45, 7) is -0.833. The molecule has 0 spiro atoms. The molecule has 3 aromatic rings. The van der Waals surface area contributed by atoms with Crippen LogP contribution in [0, 0.1) is 10.1 Å². The van der Waals surface area contributed by atoms with Gasteiger partial charge in [-0.05, 0) is 36.1 Å². The number of halogens is 1. The largest absolute Gasteiger partial charge is 0.495 e. The zero-order valence-electron chi connectivity index (χ0n) is 25.2. The summed E-state index contributed by atoms with van der Waals surface area (Å²) in [5.41, 5.74) is 0.814. The molecule has 4 rings (SSSR count). The van der Waals surface area contributed by atoms with E-state index in [1.54, 1.807) is 24.3 Å². The lowest BCUT2D eigenvalue weighted by molar-refractivity contribution is -0.384. The van der Waals surface area contributed by atoms with Gasteiger partial charge < -0.3 is 15.0 Å². The fourth-order valence-electron chi connectivity index (χ4n) is 5.49. The molecule has 1 saturated carbocycles. The van der Waals surface area contributed by atoms with E-state index in [2.05, 4.69) is 5.32 Å². The second-order valence-corrected chi connectivity index (χ2v) is 13.4. The Balaban J connectivity index is 1.78. The van der Waals surface area contributed by atoms with Crippen molar-refractivity contribution in [2.24, 2.45) is 0 Å². The highest BCUT2D eigenvalue weighted by molar-refractivity contribution is 7.92. The van der Waals surface area contributed by atoms with E-state index in [0.717, 1.165) is 54.3 Å². The first-order valence-corrected chi connectivity index (χ1v) is 16.9. The van der Waals surface area contributed by atoms with E-state index >= 15 is 0 Å². The van der Waals surface area contributed by atoms with Crippen LogP contribution >= 0.6 is 11.6 Å². The predicted octanol–water partition coefficient (Wildman–Crippen LogP) is 5.11. The van der Waals surface area contributed by atoms with E-state index in [-0.39, 0.29) is 42.0 Å². The third-order valence-electron chi connectivity index (χ3n) is 7.84. The topological polar surface area (TPSA) is 139 Å². The third kappa shape index (κ3) is 8.95. The summed E-state index contributed by atoms with van der Waals surface area (Å²) in [6, 6.07) is 18.6. The van der Waals surface area contributed by atoms with Crippen molar-refractivity contribution in [1.29, 1.82) is 0 Å². The highest BCUT2D eigenvalue weighted by atomic mass is 35.5. The van der Waals surface area contributed by atoms with Gasteiger partial charge in [-0.3, -0.25) is 24.0 Å². The monoisotopic (exact) mass is 656 g/mol. The molecule has 0 saturated heterocycles. The number of non-ortho nitro benzene ring substituents is 1. The van der Waals surface area contributed by atoms with E-state index in [9.17, 15) is 28.1 Å². The normalized spacial score (nSPS) is 14.3. The lowest BCUT2D eigenvalue weighted by atomic mass is 9.94. The number of nitro groups is 1. The van der Waals surface area contributed by atoms with Crippen molar-refractivity contribution >= 4 is 44.8 Å². The molecule has 0 bridgehead atoms. The van der Waals surface area contributed by atoms with Crippen LogP contribution in [0.25, 0.3) is 0 Å². The van der Waals surface area contributed by atoms with Crippen molar-refractivity contribution in [3.63, 3.8) is 0 Å². The Morgan fingerprint density at radius 2 is 1.71 bits per heavy atom. The van der Waals surface area contributed by atoms with Crippen molar-refractivity contribution in [2.45, 2.75) is 57.2 Å². The van der Waals surface area contributed by atoms with Crippen LogP contribution in [0.3, 0.4) is 0 Å². The molecule has 1 aliphatic carbocycles. The minimum absolute atomic E-state index is 0.0207. The molecule has 1 fully saturated rings. The Bertz CT molecular complexity index is 1610. The molecule has 0 radical (unpaired) electrons. The van der Waals surface area contributed by atoms with Gasteiger partial charge in [-0.2, -0.15) is 0 Å². The fraction of sp³-hybridized carbons (Fsp3) is 0.375. The van der Waals surface area contributed by atoms with Crippen LogP contribution in [0.15, 0.2) is 72.8 Å². The van der Waals surface area contributed by atoms with Crippen LogP contribution in [0.4, 0.5) is 11.4 Å². The van der Waals surface area contributed by atoms with Crippen molar-refractivity contribution in [2.75, 3.05) is 24.2 Å². The van der Waals surface area contributed by atoms with Crippen LogP contribution in [-0.2, 0) is 32.6 Å². The number of rotatable bonds is 13. The molecule has 2 amide bonds. The van der Waals surface area contributed by atoms with Gasteiger partial charge in [-0.1, -0.05) is 79.4 Å². The van der Waals surface area contributed by atoms with Crippen molar-refractivity contribution in [1.82, 2.24) is 10.2 Å². The van der Waals surface area contributed by atoms with Gasteiger partial charge in [0.25, 0.3) is 5.69 Å². The highest BCUT2D eigenvalue weighted by Gasteiger charge is 2.35. The van der Waals surface area contributed by atoms with E-state index in [1.807, 2.05) is 30.3 Å². The Morgan fingerprint density at radius 1 is 1.04 bits per heavy atom. The number of ether oxygens (including phenoxy) is 1. The third-order valence-corrected chi connectivity index (χ3v) is 9.34. The number of nitrogens with zero attached hydrogens (tertiary/aromatic N) is 3. The average Bonchev–Trinajstić information content (AvgIpc) is 3.02. The number of carbonyl (C=O) groups is 2. The average molecular weight is 657 g/mol. The maximum Gasteiger partial charge on any atom is 0.271 e. The molecule has 0 aromatic heterocycles. The lowest BCUT2D eigenvalue weighted by Crippen LogP contribution is -2.55. The van der Waals surface area contributed by atoms with E-state index in [0.29, 0.717) is 10.6 Å². The fourth-order valence-corrected chi connectivity index (χ4v) is 6.53. The SMILES string of the molecule is COc1ccc([N+](=O)[O-])cc1N(CC(=O)N(Cc1ccccc1Cl)[C@@H](Cc1ccccc1)C(=O)NC1CCCCC1)S(C)(=O)=O. The Morgan fingerprint density at radius 3 is 2.33 bits per heavy atom. The molecule has 1 N–H and O–H groups in total. The Labute approximate surface area is 268 Å². The van der Waals surface area contributed by atoms with E-state index in [1.165, 1.54) is 24.1 Å². The minimum atomic E-state index is -4.17. The lowest BCUT2D eigenvalue weighted by Gasteiger charge is -2.35. The van der Waals surface area contributed by atoms with Gasteiger partial charge in [0.15, 0.2) is 0 Å². The minimum Gasteiger partial charge on any atom is -0.495 e. The number of hydrogen-bond donors (Lipinski definition) is 1. The number of hydrogen-bond acceptors (Lipinski definition) is 7. The van der Waals surface area contributed by atoms with Crippen LogP contribution in [0.2, 0.25) is 5.02 Å². The van der Waals surface area contributed by atoms with E-state index in [4.69, 9.17) is 16.3 Å². The molecule has 3 aromatic carbocycles. The Hall–Kier alpha value is -4.16. The number of nitro benzene ring substituents is 1. The van der Waals surface area contributed by atoms with Crippen LogP contribution in [-0.4, -0.2) is 62.0 Å². The standard InChI is InChI=1S/C32H37ClN4O7S/c1-44-30-18-17-26(37(40)41)20-28(30)36(45(2,42)43)22-31(38)35(21-24-13-9-10-16-27(24)33)29(19-23-11-5-3-6-12-23)32(39)34-25-14-7-4-8-15-25/h3,5-6,9-13,16-18,20,25,29H,4,7-8,14-15,19,21-22H2,1-2H3,(H,34,39)/t29-/m0/s1. The molecular weight excluding hydrogens is 620 g/mol. The zero-order valence-corrected chi connectivity index (χ0v) is 26.8. The summed E-state index contributed by atoms with van der Waals surface area (Å²) >= 11 is 6.51. The summed E-state index contributed by atoms with van der Waals surface area (Å²) < 4.78 is 32.4. The van der Waals surface area contributed by atoms with Gasteiger partial charge in [0.2, 0.25) is 21.8 Å². The molecule has 45 heavy (non-hydrogen) atoms. The van der Waals surface area contributed by atoms with Gasteiger partial charge in [0, 0.05) is 36.2 Å². The smallest absolute Gasteiger partial charge is 0.271 e. The molecule has 1 aliphatic rings. The molecule has 240 valence electrons. The first-order chi connectivity index (χ1) is 21.5. The molecule has 0 heterocycles. The van der Waals surface area contributed by atoms with Crippen molar-refractivity contribution in [3.05, 3.63) is 99.1 Å². The van der Waals surface area contributed by atoms with Crippen molar-refractivity contribution < 1.29 is 27.7 Å². The molecule has 0 unspecified atom stereocenters. The summed E-state index contributed by atoms with van der Waals surface area (Å²) in [7, 11) is -2.88. The number of amides is 2. The molecule has 1 atom stereocenters. The van der Waals surface area contributed by atoms with Crippen molar-refractivity contribution in [3.8, 4) is 5.75 Å². The number of sulfonamides is 1. The van der Waals surface area contributed by atoms with Gasteiger partial charge in [0.05, 0.1) is 18.3 Å². The first kappa shape index (κ1) is 33.7. The number of methoxy groups -OCH3 is 1. The predicted molar refractivity (Wildman–Crippen MR) is 173 cm³/mol. The van der Waals surface area contributed by atoms with Gasteiger partial charge in [-0.15, -0.1) is 0 Å². The zero-order chi connectivity index (χ0) is 32.6. The quantitative estimate of drug-likeness (QED) is 0.199. The summed E-state index contributed by atoms with van der Waals surface area (Å²) in [5, 5.41) is 15.1. The summed E-state index contributed by atoms with van der Waals surface area (Å²) in [4.78, 5) is 40.6. The second-order valence-electron chi connectivity index (χ2n) is 11.0. The molecular formula is C32H37ClN4O7S. The summed E-state index contributed by atoms with van der Waals surface area (Å²) in [6.07, 6.45) is 5.80. The number of benzene rings is 3. The summed E-state index contributed by atoms with van der Waals surface area (Å²) in [5.74, 6) is -1.04. The van der Waals surface area contributed by atoms with Gasteiger partial charge in [0.1, 0.15) is 24.0 Å². The van der Waals surface area contributed by atoms with Crippen LogP contribution in [0.1, 0.15) is 43.2 Å². The van der Waals surface area contributed by atoms with Crippen LogP contribution < -0.4 is 14.4 Å². The molecule has 11 nitrogen and oxygen atoms in total. The first-order valence-electron chi connectivity index (χ1n) is 14.6.